The summed E-state index contributed by atoms with van der Waals surface area (Å²) >= 11 is 5.74. The fourth-order valence-corrected chi connectivity index (χ4v) is 12.0. The SMILES string of the molecule is CCC(C(=O)[C@@H](C)[C@@H](O)[C@H](C)[C@@H]1O[C@@H]([C@@H](CC)C(=O)O)CC[C@@H]1C)[C@H]1O[C@]2(C=CC(NC(=S)Nc3ccc(C(F)(F)F)cc3)[C@]3(CC[C@@](C)([C@H]4CC[C@](O)(CC)[C@H](C)O4)O3)O2)[C@H](C)C[C@@H]1C. The molecular weight excluding hydrogens is 878 g/mol. The number of Topliss-reactive ketones (excluding diaryl/α,β-unsaturated/α-hetero) is 1. The van der Waals surface area contributed by atoms with Crippen molar-refractivity contribution in [3.63, 3.8) is 0 Å². The number of nitrogens with one attached hydrogen (secondary N) is 2. The Balaban J connectivity index is 1.25. The molecule has 0 saturated carbocycles. The van der Waals surface area contributed by atoms with Crippen LogP contribution >= 0.6 is 12.2 Å². The minimum absolute atomic E-state index is 0.0626. The fourth-order valence-electron chi connectivity index (χ4n) is 11.7. The third-order valence-corrected chi connectivity index (χ3v) is 16.5. The minimum Gasteiger partial charge on any atom is -0.481 e. The number of thiocarbonyl (C=S) groups is 1. The highest BCUT2D eigenvalue weighted by Gasteiger charge is 2.63. The monoisotopic (exact) mass is 953 g/mol. The number of alkyl halides is 3. The number of benzene rings is 1. The molecule has 6 rings (SSSR count). The molecule has 0 aromatic heterocycles. The van der Waals surface area contributed by atoms with Gasteiger partial charge in [0.05, 0.1) is 59.3 Å². The first-order chi connectivity index (χ1) is 30.9. The van der Waals surface area contributed by atoms with E-state index in [9.17, 15) is 38.1 Å². The lowest BCUT2D eigenvalue weighted by Crippen LogP contribution is -2.66. The van der Waals surface area contributed by atoms with Gasteiger partial charge in [-0.05, 0) is 126 Å². The van der Waals surface area contributed by atoms with Gasteiger partial charge in [-0.1, -0.05) is 61.5 Å². The van der Waals surface area contributed by atoms with Gasteiger partial charge in [-0.25, -0.2) is 0 Å². The zero-order valence-electron chi connectivity index (χ0n) is 40.4. The molecule has 66 heavy (non-hydrogen) atoms. The summed E-state index contributed by atoms with van der Waals surface area (Å²) in [7, 11) is 0. The molecule has 18 atom stereocenters. The van der Waals surface area contributed by atoms with E-state index >= 15 is 0 Å². The molecule has 4 fully saturated rings. The number of hydrogen-bond acceptors (Lipinski definition) is 10. The molecule has 5 aliphatic heterocycles. The number of anilines is 1. The topological polar surface area (TPSA) is 165 Å². The van der Waals surface area contributed by atoms with Crippen molar-refractivity contribution < 1.29 is 61.8 Å². The van der Waals surface area contributed by atoms with E-state index < -0.39 is 101 Å². The van der Waals surface area contributed by atoms with Crippen LogP contribution in [-0.2, 0) is 39.4 Å². The maximum atomic E-state index is 14.7. The van der Waals surface area contributed by atoms with Crippen LogP contribution in [0.4, 0.5) is 18.9 Å². The van der Waals surface area contributed by atoms with Gasteiger partial charge in [-0.15, -0.1) is 0 Å². The van der Waals surface area contributed by atoms with Gasteiger partial charge in [0.1, 0.15) is 11.8 Å². The predicted octanol–water partition coefficient (Wildman–Crippen LogP) is 9.20. The van der Waals surface area contributed by atoms with Crippen LogP contribution in [0.25, 0.3) is 0 Å². The number of aliphatic hydroxyl groups is 2. The Morgan fingerprint density at radius 1 is 0.909 bits per heavy atom. The Bertz CT molecular complexity index is 1910. The van der Waals surface area contributed by atoms with Gasteiger partial charge in [-0.3, -0.25) is 9.59 Å². The lowest BCUT2D eigenvalue weighted by molar-refractivity contribution is -0.397. The first kappa shape index (κ1) is 52.7. The second-order valence-corrected chi connectivity index (χ2v) is 21.0. The number of ketones is 1. The maximum absolute atomic E-state index is 14.7. The third-order valence-electron chi connectivity index (χ3n) is 16.2. The molecule has 16 heteroatoms. The van der Waals surface area contributed by atoms with Crippen molar-refractivity contribution in [3.05, 3.63) is 42.0 Å². The number of aliphatic carboxylic acids is 1. The van der Waals surface area contributed by atoms with Crippen LogP contribution < -0.4 is 10.6 Å². The van der Waals surface area contributed by atoms with Crippen molar-refractivity contribution in [2.24, 2.45) is 41.4 Å². The van der Waals surface area contributed by atoms with Crippen LogP contribution in [0.1, 0.15) is 139 Å². The highest BCUT2D eigenvalue weighted by atomic mass is 32.1. The van der Waals surface area contributed by atoms with Gasteiger partial charge >= 0.3 is 12.1 Å². The highest BCUT2D eigenvalue weighted by molar-refractivity contribution is 7.80. The van der Waals surface area contributed by atoms with Crippen LogP contribution in [0, 0.1) is 41.4 Å². The molecule has 1 aromatic rings. The number of carboxylic acids is 1. The summed E-state index contributed by atoms with van der Waals surface area (Å²) < 4.78 is 74.6. The standard InChI is InChI=1S/C50H75F3N2O10S/c1-11-35(44(58)59)37-19-14-27(4)42(62-37)31(8)40(56)30(7)41(57)36(12-2)43-28(5)26-29(6)48(63-43)23-20-38(55-45(66)54-34-17-15-33(16-18-34)50(51,52)53)49(65-48)25-24-46(10,64-49)39-21-22-47(60,13-3)32(9)61-39/h15-18,20,23,27-32,35-40,42-43,56,60H,11-14,19,21-22,24-26H2,1-10H3,(H,58,59)(H2,54,55,66)/t27-,28-,29+,30-,31-,32-,35+,36?,37+,38?,39+,40+,42+,43-,46-,47+,48-,49-/m0/s1. The van der Waals surface area contributed by atoms with Crippen LogP contribution in [0.2, 0.25) is 0 Å². The number of carboxylic acid groups (broad SMARTS) is 1. The van der Waals surface area contributed by atoms with Crippen LogP contribution in [0.5, 0.6) is 0 Å². The Labute approximate surface area is 394 Å². The van der Waals surface area contributed by atoms with Gasteiger partial charge in [0.25, 0.3) is 0 Å². The van der Waals surface area contributed by atoms with Crippen molar-refractivity contribution in [3.8, 4) is 0 Å². The van der Waals surface area contributed by atoms with Crippen LogP contribution in [0.3, 0.4) is 0 Å². The van der Waals surface area contributed by atoms with Gasteiger partial charge in [0.2, 0.25) is 0 Å². The van der Waals surface area contributed by atoms with E-state index in [-0.39, 0.29) is 34.8 Å². The molecular formula is C50H75F3N2O10S. The lowest BCUT2D eigenvalue weighted by atomic mass is 9.72. The van der Waals surface area contributed by atoms with Gasteiger partial charge in [0, 0.05) is 35.8 Å². The summed E-state index contributed by atoms with van der Waals surface area (Å²) in [5.41, 5.74) is -2.25. The second-order valence-electron chi connectivity index (χ2n) is 20.6. The van der Waals surface area contributed by atoms with Crippen molar-refractivity contribution >= 4 is 34.8 Å². The Morgan fingerprint density at radius 2 is 1.58 bits per heavy atom. The second kappa shape index (κ2) is 20.3. The van der Waals surface area contributed by atoms with Crippen LogP contribution in [-0.4, -0.2) is 97.6 Å². The van der Waals surface area contributed by atoms with E-state index in [4.69, 9.17) is 35.9 Å². The summed E-state index contributed by atoms with van der Waals surface area (Å²) in [5.74, 6) is -6.48. The summed E-state index contributed by atoms with van der Waals surface area (Å²) in [4.78, 5) is 26.8. The zero-order chi connectivity index (χ0) is 48.7. The largest absolute Gasteiger partial charge is 0.481 e. The minimum atomic E-state index is -4.49. The quantitative estimate of drug-likeness (QED) is 0.0887. The first-order valence-electron chi connectivity index (χ1n) is 24.4. The molecule has 5 aliphatic rings. The summed E-state index contributed by atoms with van der Waals surface area (Å²) in [5, 5.41) is 39.5. The van der Waals surface area contributed by atoms with E-state index in [1.54, 1.807) is 6.92 Å². The summed E-state index contributed by atoms with van der Waals surface area (Å²) in [6, 6.07) is 3.89. The lowest BCUT2D eigenvalue weighted by Gasteiger charge is -2.55. The fraction of sp³-hybridized carbons (Fsp3) is 0.780. The molecule has 2 unspecified atom stereocenters. The average Bonchev–Trinajstić information content (AvgIpc) is 3.61. The number of aliphatic hydroxyl groups excluding tert-OH is 1. The molecule has 0 bridgehead atoms. The average molecular weight is 953 g/mol. The smallest absolute Gasteiger partial charge is 0.416 e. The van der Waals surface area contributed by atoms with E-state index in [0.717, 1.165) is 18.6 Å². The van der Waals surface area contributed by atoms with Crippen molar-refractivity contribution in [2.45, 2.75) is 205 Å². The summed E-state index contributed by atoms with van der Waals surface area (Å²) in [6.45, 7) is 19.4. The molecule has 5 N–H and O–H groups in total. The molecule has 12 nitrogen and oxygen atoms in total. The Morgan fingerprint density at radius 3 is 2.17 bits per heavy atom. The Kier molecular flexibility index (Phi) is 16.2. The molecule has 4 saturated heterocycles. The molecule has 2 spiro atoms. The number of ether oxygens (including phenoxy) is 5. The number of carbonyl (C=O) groups excluding carboxylic acids is 1. The molecule has 372 valence electrons. The van der Waals surface area contributed by atoms with Crippen LogP contribution in [0.15, 0.2) is 36.4 Å². The maximum Gasteiger partial charge on any atom is 0.416 e. The van der Waals surface area contributed by atoms with Gasteiger partial charge in [-0.2, -0.15) is 13.2 Å². The van der Waals surface area contributed by atoms with Crippen molar-refractivity contribution in [1.82, 2.24) is 5.32 Å². The van der Waals surface area contributed by atoms with E-state index in [1.165, 1.54) is 12.1 Å². The van der Waals surface area contributed by atoms with Gasteiger partial charge < -0.3 is 49.6 Å². The van der Waals surface area contributed by atoms with Gasteiger partial charge in [0.15, 0.2) is 16.7 Å². The highest BCUT2D eigenvalue weighted by Crippen LogP contribution is 2.54. The summed E-state index contributed by atoms with van der Waals surface area (Å²) in [6.07, 6.45) is 1.33. The normalized spacial score (nSPS) is 39.5. The van der Waals surface area contributed by atoms with E-state index in [1.807, 2.05) is 67.5 Å². The molecule has 1 aromatic carbocycles. The number of halogens is 3. The molecule has 0 radical (unpaired) electrons. The zero-order valence-corrected chi connectivity index (χ0v) is 41.2. The molecule has 5 heterocycles. The number of hydrogen-bond donors (Lipinski definition) is 5. The molecule has 0 aliphatic carbocycles. The van der Waals surface area contributed by atoms with E-state index in [0.29, 0.717) is 63.5 Å². The van der Waals surface area contributed by atoms with Crippen molar-refractivity contribution in [1.29, 1.82) is 0 Å². The number of carbonyl (C=O) groups is 2. The number of rotatable bonds is 14. The molecule has 0 amide bonds. The Hall–Kier alpha value is -2.70. The first-order valence-corrected chi connectivity index (χ1v) is 24.8. The predicted molar refractivity (Wildman–Crippen MR) is 247 cm³/mol. The van der Waals surface area contributed by atoms with E-state index in [2.05, 4.69) is 17.6 Å². The third kappa shape index (κ3) is 10.6. The van der Waals surface area contributed by atoms with Crippen molar-refractivity contribution in [2.75, 3.05) is 5.32 Å².